The molecule has 0 aliphatic rings. The Morgan fingerprint density at radius 2 is 1.81 bits per heavy atom. The number of thiophene rings is 1. The van der Waals surface area contributed by atoms with Gasteiger partial charge in [0.2, 0.25) is 0 Å². The molecule has 0 fully saturated rings. The summed E-state index contributed by atoms with van der Waals surface area (Å²) in [5.41, 5.74) is 2.27. The number of thioether (sulfide) groups is 1. The van der Waals surface area contributed by atoms with Gasteiger partial charge in [0, 0.05) is 5.75 Å². The van der Waals surface area contributed by atoms with Gasteiger partial charge in [-0.3, -0.25) is 9.36 Å². The van der Waals surface area contributed by atoms with E-state index >= 15 is 0 Å². The Bertz CT molecular complexity index is 1110. The normalized spacial score (nSPS) is 11.1. The highest BCUT2D eigenvalue weighted by Gasteiger charge is 2.14. The SMILES string of the molecule is O=c1c2sccc2nc(SCc2ccccc2F)n1Cc1ccccc1. The van der Waals surface area contributed by atoms with Crippen LogP contribution in [-0.2, 0) is 12.3 Å². The van der Waals surface area contributed by atoms with E-state index in [0.717, 1.165) is 5.56 Å². The Morgan fingerprint density at radius 3 is 2.62 bits per heavy atom. The zero-order valence-electron chi connectivity index (χ0n) is 13.8. The maximum absolute atomic E-state index is 13.9. The minimum absolute atomic E-state index is 0.0510. The number of hydrogen-bond acceptors (Lipinski definition) is 4. The number of nitrogens with zero attached hydrogens (tertiary/aromatic N) is 2. The van der Waals surface area contributed by atoms with Gasteiger partial charge >= 0.3 is 0 Å². The van der Waals surface area contributed by atoms with Crippen LogP contribution in [0.3, 0.4) is 0 Å². The molecule has 0 saturated heterocycles. The lowest BCUT2D eigenvalue weighted by Gasteiger charge is -2.12. The quantitative estimate of drug-likeness (QED) is 0.362. The van der Waals surface area contributed by atoms with Gasteiger partial charge in [0.1, 0.15) is 10.5 Å². The molecule has 0 atom stereocenters. The van der Waals surface area contributed by atoms with Crippen molar-refractivity contribution in [3.63, 3.8) is 0 Å². The number of fused-ring (bicyclic) bond motifs is 1. The topological polar surface area (TPSA) is 34.9 Å². The Morgan fingerprint density at radius 1 is 1.04 bits per heavy atom. The molecular weight excluding hydrogens is 367 g/mol. The summed E-state index contributed by atoms with van der Waals surface area (Å²) in [6.07, 6.45) is 0. The third kappa shape index (κ3) is 3.43. The first-order valence-electron chi connectivity index (χ1n) is 8.10. The van der Waals surface area contributed by atoms with Crippen molar-refractivity contribution in [1.29, 1.82) is 0 Å². The summed E-state index contributed by atoms with van der Waals surface area (Å²) in [7, 11) is 0. The zero-order valence-corrected chi connectivity index (χ0v) is 15.4. The molecular formula is C20H15FN2OS2. The summed E-state index contributed by atoms with van der Waals surface area (Å²) < 4.78 is 16.3. The third-order valence-electron chi connectivity index (χ3n) is 4.03. The maximum Gasteiger partial charge on any atom is 0.272 e. The largest absolute Gasteiger partial charge is 0.282 e. The van der Waals surface area contributed by atoms with Crippen LogP contribution in [0.1, 0.15) is 11.1 Å². The first-order valence-corrected chi connectivity index (χ1v) is 9.97. The molecule has 26 heavy (non-hydrogen) atoms. The smallest absolute Gasteiger partial charge is 0.272 e. The average molecular weight is 382 g/mol. The summed E-state index contributed by atoms with van der Waals surface area (Å²) in [6, 6.07) is 18.3. The lowest BCUT2D eigenvalue weighted by atomic mass is 10.2. The van der Waals surface area contributed by atoms with E-state index in [-0.39, 0.29) is 11.4 Å². The number of hydrogen-bond donors (Lipinski definition) is 0. The second-order valence-electron chi connectivity index (χ2n) is 5.79. The molecule has 0 amide bonds. The van der Waals surface area contributed by atoms with Crippen molar-refractivity contribution < 1.29 is 4.39 Å². The van der Waals surface area contributed by atoms with E-state index in [4.69, 9.17) is 0 Å². The fraction of sp³-hybridized carbons (Fsp3) is 0.100. The van der Waals surface area contributed by atoms with Crippen molar-refractivity contribution in [1.82, 2.24) is 9.55 Å². The Balaban J connectivity index is 1.73. The highest BCUT2D eigenvalue weighted by molar-refractivity contribution is 7.98. The minimum atomic E-state index is -0.242. The Kier molecular flexibility index (Phi) is 4.86. The molecule has 0 aliphatic carbocycles. The van der Waals surface area contributed by atoms with E-state index in [2.05, 4.69) is 4.98 Å². The zero-order chi connectivity index (χ0) is 17.9. The molecule has 2 aromatic carbocycles. The van der Waals surface area contributed by atoms with Gasteiger partial charge in [0.15, 0.2) is 5.16 Å². The molecule has 0 radical (unpaired) electrons. The molecule has 4 aromatic rings. The molecule has 6 heteroatoms. The monoisotopic (exact) mass is 382 g/mol. The number of halogens is 1. The van der Waals surface area contributed by atoms with Gasteiger partial charge in [-0.05, 0) is 28.6 Å². The van der Waals surface area contributed by atoms with Gasteiger partial charge in [-0.15, -0.1) is 11.3 Å². The van der Waals surface area contributed by atoms with E-state index in [1.54, 1.807) is 16.7 Å². The molecule has 3 nitrogen and oxygen atoms in total. The number of aromatic nitrogens is 2. The van der Waals surface area contributed by atoms with Crippen molar-refractivity contribution in [2.24, 2.45) is 0 Å². The van der Waals surface area contributed by atoms with E-state index < -0.39 is 0 Å². The van der Waals surface area contributed by atoms with E-state index in [1.165, 1.54) is 29.2 Å². The predicted octanol–water partition coefficient (Wildman–Crippen LogP) is 4.94. The molecule has 0 unspecified atom stereocenters. The lowest BCUT2D eigenvalue weighted by Crippen LogP contribution is -2.23. The molecule has 130 valence electrons. The lowest BCUT2D eigenvalue weighted by molar-refractivity contribution is 0.616. The number of benzene rings is 2. The van der Waals surface area contributed by atoms with Crippen LogP contribution in [-0.4, -0.2) is 9.55 Å². The summed E-state index contributed by atoms with van der Waals surface area (Å²) in [5, 5.41) is 2.48. The van der Waals surface area contributed by atoms with Crippen LogP contribution in [0.25, 0.3) is 10.2 Å². The second kappa shape index (κ2) is 7.43. The van der Waals surface area contributed by atoms with Gasteiger partial charge in [0.05, 0.1) is 12.1 Å². The molecule has 0 bridgehead atoms. The molecule has 0 saturated carbocycles. The van der Waals surface area contributed by atoms with Crippen LogP contribution in [0.2, 0.25) is 0 Å². The highest BCUT2D eigenvalue weighted by atomic mass is 32.2. The second-order valence-corrected chi connectivity index (χ2v) is 7.64. The number of rotatable bonds is 5. The fourth-order valence-electron chi connectivity index (χ4n) is 2.70. The van der Waals surface area contributed by atoms with Gasteiger partial charge in [-0.2, -0.15) is 0 Å². The standard InChI is InChI=1S/C20H15FN2OS2/c21-16-9-5-4-8-15(16)13-26-20-22-17-10-11-25-18(17)19(24)23(20)12-14-6-2-1-3-7-14/h1-11H,12-13H2. The van der Waals surface area contributed by atoms with Gasteiger partial charge in [-0.25, -0.2) is 9.37 Å². The predicted molar refractivity (Wildman–Crippen MR) is 105 cm³/mol. The third-order valence-corrected chi connectivity index (χ3v) is 5.95. The summed E-state index contributed by atoms with van der Waals surface area (Å²) in [6.45, 7) is 0.445. The van der Waals surface area contributed by atoms with Crippen LogP contribution in [0, 0.1) is 5.82 Å². The van der Waals surface area contributed by atoms with Crippen molar-refractivity contribution in [3.8, 4) is 0 Å². The first-order chi connectivity index (χ1) is 12.7. The molecule has 2 heterocycles. The Labute approximate surface area is 158 Å². The van der Waals surface area contributed by atoms with E-state index in [0.29, 0.717) is 33.2 Å². The van der Waals surface area contributed by atoms with Crippen molar-refractivity contribution in [2.45, 2.75) is 17.5 Å². The van der Waals surface area contributed by atoms with Crippen LogP contribution < -0.4 is 5.56 Å². The molecule has 2 aromatic heterocycles. The first kappa shape index (κ1) is 17.0. The molecule has 0 aliphatic heterocycles. The molecule has 4 rings (SSSR count). The van der Waals surface area contributed by atoms with Crippen LogP contribution in [0.4, 0.5) is 4.39 Å². The van der Waals surface area contributed by atoms with Gasteiger partial charge in [-0.1, -0.05) is 60.3 Å². The fourth-order valence-corrected chi connectivity index (χ4v) is 4.46. The van der Waals surface area contributed by atoms with Crippen LogP contribution in [0.15, 0.2) is 76.0 Å². The molecule has 0 spiro atoms. The van der Waals surface area contributed by atoms with E-state index in [1.807, 2.05) is 47.8 Å². The minimum Gasteiger partial charge on any atom is -0.282 e. The van der Waals surface area contributed by atoms with Crippen molar-refractivity contribution in [3.05, 3.63) is 93.3 Å². The van der Waals surface area contributed by atoms with Gasteiger partial charge < -0.3 is 0 Å². The Hall–Kier alpha value is -2.44. The molecule has 0 N–H and O–H groups in total. The van der Waals surface area contributed by atoms with Crippen LogP contribution in [0.5, 0.6) is 0 Å². The van der Waals surface area contributed by atoms with Crippen LogP contribution >= 0.6 is 23.1 Å². The summed E-state index contributed by atoms with van der Waals surface area (Å²) >= 11 is 2.78. The summed E-state index contributed by atoms with van der Waals surface area (Å²) in [4.78, 5) is 17.6. The highest BCUT2D eigenvalue weighted by Crippen LogP contribution is 2.25. The van der Waals surface area contributed by atoms with Crippen molar-refractivity contribution in [2.75, 3.05) is 0 Å². The summed E-state index contributed by atoms with van der Waals surface area (Å²) in [5.74, 6) is 0.178. The van der Waals surface area contributed by atoms with Gasteiger partial charge in [0.25, 0.3) is 5.56 Å². The average Bonchev–Trinajstić information content (AvgIpc) is 3.13. The van der Waals surface area contributed by atoms with Crippen molar-refractivity contribution >= 4 is 33.3 Å². The van der Waals surface area contributed by atoms with E-state index in [9.17, 15) is 9.18 Å². The maximum atomic E-state index is 13.9.